The molecular formula is C12H14ClN3O. The zero-order chi connectivity index (χ0) is 12.6. The van der Waals surface area contributed by atoms with Crippen LogP contribution in [-0.2, 0) is 12.6 Å². The molecule has 2 aromatic rings. The van der Waals surface area contributed by atoms with Gasteiger partial charge in [-0.2, -0.15) is 5.10 Å². The smallest absolute Gasteiger partial charge is 0.129 e. The van der Waals surface area contributed by atoms with E-state index in [0.717, 1.165) is 10.9 Å². The van der Waals surface area contributed by atoms with Gasteiger partial charge in [0.2, 0.25) is 0 Å². The highest BCUT2D eigenvalue weighted by Crippen LogP contribution is 2.31. The van der Waals surface area contributed by atoms with Crippen molar-refractivity contribution in [2.75, 3.05) is 0 Å². The Morgan fingerprint density at radius 2 is 2.35 bits per heavy atom. The van der Waals surface area contributed by atoms with E-state index in [1.807, 2.05) is 7.05 Å². The molecule has 0 aliphatic carbocycles. The van der Waals surface area contributed by atoms with Gasteiger partial charge in [0, 0.05) is 12.4 Å². The number of aromatic nitrogens is 3. The van der Waals surface area contributed by atoms with Gasteiger partial charge in [0.1, 0.15) is 16.4 Å². The minimum Gasteiger partial charge on any atom is -0.383 e. The number of pyridine rings is 1. The lowest BCUT2D eigenvalue weighted by Gasteiger charge is -2.19. The van der Waals surface area contributed by atoms with Gasteiger partial charge in [-0.25, -0.2) is 4.98 Å². The van der Waals surface area contributed by atoms with Crippen LogP contribution in [0.25, 0.3) is 10.9 Å². The molecule has 0 aliphatic heterocycles. The fraction of sp³-hybridized carbons (Fsp3) is 0.333. The van der Waals surface area contributed by atoms with E-state index in [1.54, 1.807) is 29.9 Å². The third kappa shape index (κ3) is 2.06. The molecule has 90 valence electrons. The molecule has 0 saturated heterocycles. The van der Waals surface area contributed by atoms with Crippen molar-refractivity contribution in [2.45, 2.75) is 18.9 Å². The zero-order valence-corrected chi connectivity index (χ0v) is 10.6. The van der Waals surface area contributed by atoms with Crippen molar-refractivity contribution >= 4 is 22.5 Å². The topological polar surface area (TPSA) is 50.9 Å². The Morgan fingerprint density at radius 3 is 3.00 bits per heavy atom. The van der Waals surface area contributed by atoms with Gasteiger partial charge in [-0.3, -0.25) is 4.68 Å². The Labute approximate surface area is 105 Å². The summed E-state index contributed by atoms with van der Waals surface area (Å²) in [5, 5.41) is 15.9. The van der Waals surface area contributed by atoms with Gasteiger partial charge in [-0.15, -0.1) is 6.58 Å². The third-order valence-corrected chi connectivity index (χ3v) is 2.96. The van der Waals surface area contributed by atoms with Crippen LogP contribution in [0.2, 0.25) is 5.15 Å². The number of fused-ring (bicyclic) bond motifs is 1. The maximum Gasteiger partial charge on any atom is 0.129 e. The first-order valence-corrected chi connectivity index (χ1v) is 5.65. The standard InChI is InChI=1S/C12H14ClN3O/c1-4-5-12(2,17)11-8-6-10(13)14-7-9(8)16(3)15-11/h4,6-7,17H,1,5H2,2-3H3. The minimum atomic E-state index is -1.05. The van der Waals surface area contributed by atoms with Crippen molar-refractivity contribution in [1.29, 1.82) is 0 Å². The maximum absolute atomic E-state index is 10.4. The molecule has 0 saturated carbocycles. The van der Waals surface area contributed by atoms with Crippen LogP contribution >= 0.6 is 11.6 Å². The van der Waals surface area contributed by atoms with E-state index in [-0.39, 0.29) is 0 Å². The SMILES string of the molecule is C=CCC(C)(O)c1nn(C)c2cnc(Cl)cc12. The number of hydrogen-bond donors (Lipinski definition) is 1. The third-order valence-electron chi connectivity index (χ3n) is 2.76. The van der Waals surface area contributed by atoms with E-state index in [1.165, 1.54) is 0 Å². The number of aryl methyl sites for hydroxylation is 1. The molecule has 1 unspecified atom stereocenters. The molecule has 5 heteroatoms. The highest BCUT2D eigenvalue weighted by atomic mass is 35.5. The zero-order valence-electron chi connectivity index (χ0n) is 9.81. The summed E-state index contributed by atoms with van der Waals surface area (Å²) in [6.45, 7) is 5.36. The van der Waals surface area contributed by atoms with E-state index >= 15 is 0 Å². The number of aliphatic hydroxyl groups is 1. The quantitative estimate of drug-likeness (QED) is 0.673. The van der Waals surface area contributed by atoms with E-state index in [0.29, 0.717) is 17.3 Å². The predicted molar refractivity (Wildman–Crippen MR) is 67.9 cm³/mol. The van der Waals surface area contributed by atoms with Gasteiger partial charge in [0.25, 0.3) is 0 Å². The monoisotopic (exact) mass is 251 g/mol. The van der Waals surface area contributed by atoms with Crippen molar-refractivity contribution in [1.82, 2.24) is 14.8 Å². The molecular weight excluding hydrogens is 238 g/mol. The van der Waals surface area contributed by atoms with Crippen LogP contribution in [-0.4, -0.2) is 19.9 Å². The number of halogens is 1. The first-order valence-electron chi connectivity index (χ1n) is 5.27. The van der Waals surface area contributed by atoms with Gasteiger partial charge in [-0.1, -0.05) is 17.7 Å². The molecule has 0 spiro atoms. The normalized spacial score (nSPS) is 14.8. The molecule has 0 aliphatic rings. The molecule has 0 bridgehead atoms. The highest BCUT2D eigenvalue weighted by Gasteiger charge is 2.27. The van der Waals surface area contributed by atoms with Crippen molar-refractivity contribution in [3.05, 3.63) is 35.8 Å². The summed E-state index contributed by atoms with van der Waals surface area (Å²) in [5.74, 6) is 0. The second kappa shape index (κ2) is 4.13. The summed E-state index contributed by atoms with van der Waals surface area (Å²) in [5.41, 5.74) is 0.388. The summed E-state index contributed by atoms with van der Waals surface area (Å²) < 4.78 is 1.69. The fourth-order valence-corrected chi connectivity index (χ4v) is 2.06. The number of nitrogens with zero attached hydrogens (tertiary/aromatic N) is 3. The van der Waals surface area contributed by atoms with Gasteiger partial charge in [0.05, 0.1) is 11.7 Å². The van der Waals surface area contributed by atoms with Gasteiger partial charge in [-0.05, 0) is 19.4 Å². The number of hydrogen-bond acceptors (Lipinski definition) is 3. The Bertz CT molecular complexity index is 574. The molecule has 1 N–H and O–H groups in total. The van der Waals surface area contributed by atoms with E-state index < -0.39 is 5.60 Å². The number of rotatable bonds is 3. The van der Waals surface area contributed by atoms with Crippen molar-refractivity contribution in [3.8, 4) is 0 Å². The first-order chi connectivity index (χ1) is 7.95. The van der Waals surface area contributed by atoms with Gasteiger partial charge < -0.3 is 5.11 Å². The second-order valence-corrected chi connectivity index (χ2v) is 4.65. The van der Waals surface area contributed by atoms with Crippen molar-refractivity contribution in [3.63, 3.8) is 0 Å². The molecule has 0 amide bonds. The molecule has 0 fully saturated rings. The molecule has 0 radical (unpaired) electrons. The Kier molecular flexibility index (Phi) is 2.93. The highest BCUT2D eigenvalue weighted by molar-refractivity contribution is 6.30. The van der Waals surface area contributed by atoms with Crippen LogP contribution in [0.4, 0.5) is 0 Å². The van der Waals surface area contributed by atoms with Crippen LogP contribution in [0.1, 0.15) is 19.0 Å². The van der Waals surface area contributed by atoms with Gasteiger partial charge in [0.15, 0.2) is 0 Å². The Hall–Kier alpha value is -1.39. The lowest BCUT2D eigenvalue weighted by Crippen LogP contribution is -2.21. The summed E-state index contributed by atoms with van der Waals surface area (Å²) in [4.78, 5) is 4.01. The van der Waals surface area contributed by atoms with E-state index in [4.69, 9.17) is 11.6 Å². The summed E-state index contributed by atoms with van der Waals surface area (Å²) >= 11 is 5.88. The maximum atomic E-state index is 10.4. The Balaban J connectivity index is 2.69. The second-order valence-electron chi connectivity index (χ2n) is 4.26. The molecule has 4 nitrogen and oxygen atoms in total. The van der Waals surface area contributed by atoms with Crippen LogP contribution in [0.3, 0.4) is 0 Å². The van der Waals surface area contributed by atoms with Crippen LogP contribution in [0.15, 0.2) is 24.9 Å². The van der Waals surface area contributed by atoms with Crippen LogP contribution in [0.5, 0.6) is 0 Å². The van der Waals surface area contributed by atoms with E-state index in [2.05, 4.69) is 16.7 Å². The molecule has 17 heavy (non-hydrogen) atoms. The minimum absolute atomic E-state index is 0.390. The first kappa shape index (κ1) is 12.1. The molecule has 1 atom stereocenters. The van der Waals surface area contributed by atoms with Crippen LogP contribution < -0.4 is 0 Å². The Morgan fingerprint density at radius 1 is 1.65 bits per heavy atom. The van der Waals surface area contributed by atoms with Crippen molar-refractivity contribution < 1.29 is 5.11 Å². The largest absolute Gasteiger partial charge is 0.383 e. The van der Waals surface area contributed by atoms with Crippen molar-refractivity contribution in [2.24, 2.45) is 7.05 Å². The van der Waals surface area contributed by atoms with Gasteiger partial charge >= 0.3 is 0 Å². The molecule has 2 rings (SSSR count). The summed E-state index contributed by atoms with van der Waals surface area (Å²) in [6.07, 6.45) is 3.75. The lowest BCUT2D eigenvalue weighted by atomic mass is 9.96. The van der Waals surface area contributed by atoms with Crippen LogP contribution in [0, 0.1) is 0 Å². The summed E-state index contributed by atoms with van der Waals surface area (Å²) in [6, 6.07) is 1.72. The molecule has 2 heterocycles. The fourth-order valence-electron chi connectivity index (χ4n) is 1.90. The average molecular weight is 252 g/mol. The summed E-state index contributed by atoms with van der Waals surface area (Å²) in [7, 11) is 1.81. The average Bonchev–Trinajstić information content (AvgIpc) is 2.56. The molecule has 2 aromatic heterocycles. The lowest BCUT2D eigenvalue weighted by molar-refractivity contribution is 0.0568. The van der Waals surface area contributed by atoms with E-state index in [9.17, 15) is 5.11 Å². The predicted octanol–water partition coefficient (Wildman–Crippen LogP) is 2.41. The molecule has 0 aromatic carbocycles.